The third-order valence-corrected chi connectivity index (χ3v) is 6.64. The summed E-state index contributed by atoms with van der Waals surface area (Å²) in [5, 5.41) is 4.82. The highest BCUT2D eigenvalue weighted by molar-refractivity contribution is 8.14. The molecule has 5 heteroatoms. The SMILES string of the molecule is O=S1CCC(N=C2NC3(CCCC3)CS2)CC1. The Kier molecular flexibility index (Phi) is 3.48. The predicted octanol–water partition coefficient (Wildman–Crippen LogP) is 1.90. The quantitative estimate of drug-likeness (QED) is 0.793. The minimum Gasteiger partial charge on any atom is -0.359 e. The molecule has 1 N–H and O–H groups in total. The van der Waals surface area contributed by atoms with Gasteiger partial charge in [0.1, 0.15) is 0 Å². The third-order valence-electron chi connectivity index (χ3n) is 4.08. The summed E-state index contributed by atoms with van der Waals surface area (Å²) in [6.07, 6.45) is 7.37. The molecule has 0 aromatic rings. The minimum atomic E-state index is -0.569. The first-order valence-electron chi connectivity index (χ1n) is 6.60. The summed E-state index contributed by atoms with van der Waals surface area (Å²) in [6, 6.07) is 0.416. The van der Waals surface area contributed by atoms with Crippen LogP contribution < -0.4 is 5.32 Å². The topological polar surface area (TPSA) is 41.5 Å². The second kappa shape index (κ2) is 4.92. The summed E-state index contributed by atoms with van der Waals surface area (Å²) in [6.45, 7) is 0. The van der Waals surface area contributed by atoms with Gasteiger partial charge >= 0.3 is 0 Å². The normalized spacial score (nSPS) is 38.7. The van der Waals surface area contributed by atoms with Crippen molar-refractivity contribution < 1.29 is 4.21 Å². The van der Waals surface area contributed by atoms with E-state index in [2.05, 4.69) is 5.32 Å². The molecule has 1 aliphatic carbocycles. The molecular weight excluding hydrogens is 252 g/mol. The van der Waals surface area contributed by atoms with Gasteiger partial charge in [-0.25, -0.2) is 0 Å². The van der Waals surface area contributed by atoms with E-state index in [0.717, 1.165) is 29.5 Å². The van der Waals surface area contributed by atoms with Gasteiger partial charge in [0, 0.05) is 33.6 Å². The Morgan fingerprint density at radius 2 is 2.00 bits per heavy atom. The van der Waals surface area contributed by atoms with Crippen LogP contribution in [0.5, 0.6) is 0 Å². The molecule has 3 fully saturated rings. The average molecular weight is 272 g/mol. The molecule has 2 aliphatic heterocycles. The van der Waals surface area contributed by atoms with E-state index in [9.17, 15) is 4.21 Å². The smallest absolute Gasteiger partial charge is 0.157 e. The highest BCUT2D eigenvalue weighted by Gasteiger charge is 2.39. The molecule has 1 spiro atoms. The predicted molar refractivity (Wildman–Crippen MR) is 75.1 cm³/mol. The summed E-state index contributed by atoms with van der Waals surface area (Å²) in [5.74, 6) is 2.89. The number of nitrogens with zero attached hydrogens (tertiary/aromatic N) is 1. The van der Waals surface area contributed by atoms with Gasteiger partial charge in [-0.1, -0.05) is 24.6 Å². The van der Waals surface area contributed by atoms with Crippen LogP contribution in [0.25, 0.3) is 0 Å². The monoisotopic (exact) mass is 272 g/mol. The average Bonchev–Trinajstić information content (AvgIpc) is 2.94. The molecule has 0 bridgehead atoms. The van der Waals surface area contributed by atoms with Crippen LogP contribution in [0.4, 0.5) is 0 Å². The Labute approximate surface area is 110 Å². The Morgan fingerprint density at radius 1 is 1.29 bits per heavy atom. The zero-order chi connectivity index (χ0) is 11.7. The number of amidine groups is 1. The second-order valence-electron chi connectivity index (χ2n) is 5.41. The first-order chi connectivity index (χ1) is 8.26. The summed E-state index contributed by atoms with van der Waals surface area (Å²) in [4.78, 5) is 4.82. The van der Waals surface area contributed by atoms with E-state index in [-0.39, 0.29) is 0 Å². The molecule has 0 radical (unpaired) electrons. The first kappa shape index (κ1) is 12.0. The van der Waals surface area contributed by atoms with Crippen molar-refractivity contribution in [2.45, 2.75) is 50.1 Å². The molecule has 0 amide bonds. The van der Waals surface area contributed by atoms with Gasteiger partial charge < -0.3 is 5.32 Å². The van der Waals surface area contributed by atoms with Crippen LogP contribution >= 0.6 is 11.8 Å². The fraction of sp³-hybridized carbons (Fsp3) is 0.917. The van der Waals surface area contributed by atoms with Gasteiger partial charge in [-0.2, -0.15) is 0 Å². The van der Waals surface area contributed by atoms with Gasteiger partial charge in [-0.3, -0.25) is 9.20 Å². The number of hydrogen-bond donors (Lipinski definition) is 1. The molecule has 1 saturated carbocycles. The lowest BCUT2D eigenvalue weighted by atomic mass is 10.0. The Morgan fingerprint density at radius 3 is 2.71 bits per heavy atom. The Bertz CT molecular complexity index is 340. The molecule has 17 heavy (non-hydrogen) atoms. The van der Waals surface area contributed by atoms with Crippen LogP contribution in [0.2, 0.25) is 0 Å². The van der Waals surface area contributed by atoms with Crippen molar-refractivity contribution in [3.63, 3.8) is 0 Å². The van der Waals surface area contributed by atoms with Crippen LogP contribution in [0.15, 0.2) is 4.99 Å². The lowest BCUT2D eigenvalue weighted by Crippen LogP contribution is -2.41. The first-order valence-corrected chi connectivity index (χ1v) is 9.07. The maximum Gasteiger partial charge on any atom is 0.157 e. The Hall–Kier alpha value is -0.0300. The second-order valence-corrected chi connectivity index (χ2v) is 8.07. The number of hydrogen-bond acceptors (Lipinski definition) is 3. The minimum absolute atomic E-state index is 0.376. The summed E-state index contributed by atoms with van der Waals surface area (Å²) < 4.78 is 11.3. The van der Waals surface area contributed by atoms with Gasteiger partial charge in [0.15, 0.2) is 5.17 Å². The van der Waals surface area contributed by atoms with Crippen LogP contribution in [0, 0.1) is 0 Å². The molecule has 0 unspecified atom stereocenters. The largest absolute Gasteiger partial charge is 0.359 e. The fourth-order valence-electron chi connectivity index (χ4n) is 2.97. The summed E-state index contributed by atoms with van der Waals surface area (Å²) in [5.41, 5.74) is 0.376. The molecule has 3 nitrogen and oxygen atoms in total. The number of nitrogens with one attached hydrogen (secondary N) is 1. The number of aliphatic imine (C=N–C) groups is 1. The maximum absolute atomic E-state index is 11.3. The molecule has 0 aromatic heterocycles. The highest BCUT2D eigenvalue weighted by atomic mass is 32.2. The molecule has 0 aromatic carbocycles. The summed E-state index contributed by atoms with van der Waals surface area (Å²) >= 11 is 1.90. The van der Waals surface area contributed by atoms with Gasteiger partial charge in [0.25, 0.3) is 0 Å². The van der Waals surface area contributed by atoms with E-state index in [1.807, 2.05) is 11.8 Å². The lowest BCUT2D eigenvalue weighted by molar-refractivity contribution is 0.451. The van der Waals surface area contributed by atoms with E-state index in [1.165, 1.54) is 31.4 Å². The van der Waals surface area contributed by atoms with E-state index in [0.29, 0.717) is 11.6 Å². The third kappa shape index (κ3) is 2.70. The van der Waals surface area contributed by atoms with Crippen molar-refractivity contribution in [1.29, 1.82) is 0 Å². The molecule has 3 aliphatic rings. The van der Waals surface area contributed by atoms with Crippen molar-refractivity contribution >= 4 is 27.7 Å². The van der Waals surface area contributed by atoms with Gasteiger partial charge in [0.2, 0.25) is 0 Å². The fourth-order valence-corrected chi connectivity index (χ4v) is 5.53. The Balaban J connectivity index is 1.60. The lowest BCUT2D eigenvalue weighted by Gasteiger charge is -2.23. The zero-order valence-electron chi connectivity index (χ0n) is 10.1. The van der Waals surface area contributed by atoms with E-state index >= 15 is 0 Å². The molecule has 96 valence electrons. The van der Waals surface area contributed by atoms with Crippen LogP contribution in [0.1, 0.15) is 38.5 Å². The van der Waals surface area contributed by atoms with Gasteiger partial charge in [-0.05, 0) is 25.7 Å². The maximum atomic E-state index is 11.3. The van der Waals surface area contributed by atoms with E-state index < -0.39 is 10.8 Å². The molecule has 2 heterocycles. The van der Waals surface area contributed by atoms with Crippen molar-refractivity contribution in [2.24, 2.45) is 4.99 Å². The van der Waals surface area contributed by atoms with Crippen molar-refractivity contribution in [1.82, 2.24) is 5.32 Å². The molecule has 2 saturated heterocycles. The van der Waals surface area contributed by atoms with Gasteiger partial charge in [0.05, 0.1) is 6.04 Å². The van der Waals surface area contributed by atoms with E-state index in [1.54, 1.807) is 0 Å². The van der Waals surface area contributed by atoms with E-state index in [4.69, 9.17) is 4.99 Å². The van der Waals surface area contributed by atoms with Crippen LogP contribution in [0.3, 0.4) is 0 Å². The van der Waals surface area contributed by atoms with Gasteiger partial charge in [-0.15, -0.1) is 0 Å². The standard InChI is InChI=1S/C12H20N2OS2/c15-17-7-3-10(4-8-17)13-11-14-12(9-16-11)5-1-2-6-12/h10H,1-9H2,(H,13,14). The number of rotatable bonds is 1. The summed E-state index contributed by atoms with van der Waals surface area (Å²) in [7, 11) is -0.569. The van der Waals surface area contributed by atoms with Crippen molar-refractivity contribution in [3.8, 4) is 0 Å². The highest BCUT2D eigenvalue weighted by Crippen LogP contribution is 2.37. The van der Waals surface area contributed by atoms with Crippen LogP contribution in [-0.2, 0) is 10.8 Å². The van der Waals surface area contributed by atoms with Crippen LogP contribution in [-0.4, -0.2) is 38.2 Å². The van der Waals surface area contributed by atoms with Crippen molar-refractivity contribution in [2.75, 3.05) is 17.3 Å². The molecular formula is C12H20N2OS2. The molecule has 3 rings (SSSR count). The number of thioether (sulfide) groups is 1. The van der Waals surface area contributed by atoms with Crippen molar-refractivity contribution in [3.05, 3.63) is 0 Å². The zero-order valence-corrected chi connectivity index (χ0v) is 11.7. The molecule has 0 atom stereocenters.